The van der Waals surface area contributed by atoms with E-state index >= 15 is 0 Å². The van der Waals surface area contributed by atoms with E-state index in [1.165, 1.54) is 5.70 Å². The zero-order valence-electron chi connectivity index (χ0n) is 16.6. The summed E-state index contributed by atoms with van der Waals surface area (Å²) in [5.74, 6) is 1.00. The molecule has 1 aromatic carbocycles. The second-order valence-electron chi connectivity index (χ2n) is 8.01. The monoisotopic (exact) mass is 374 g/mol. The number of nitrogens with zero attached hydrogens (tertiary/aromatic N) is 5. The number of piperazine rings is 1. The van der Waals surface area contributed by atoms with Crippen LogP contribution in [0.2, 0.25) is 0 Å². The van der Waals surface area contributed by atoms with Gasteiger partial charge in [0.15, 0.2) is 0 Å². The molecule has 0 bridgehead atoms. The van der Waals surface area contributed by atoms with Crippen molar-refractivity contribution in [2.75, 3.05) is 19.6 Å². The molecule has 2 aromatic rings. The fraction of sp³-hybridized carbons (Fsp3) is 0.364. The maximum Gasteiger partial charge on any atom is 0.133 e. The lowest BCUT2D eigenvalue weighted by molar-refractivity contribution is 0.217. The lowest BCUT2D eigenvalue weighted by Crippen LogP contribution is -2.53. The van der Waals surface area contributed by atoms with E-state index in [1.807, 2.05) is 17.9 Å². The Morgan fingerprint density at radius 1 is 1.11 bits per heavy atom. The zero-order valence-corrected chi connectivity index (χ0v) is 16.6. The third-order valence-corrected chi connectivity index (χ3v) is 5.67. The van der Waals surface area contributed by atoms with E-state index in [0.717, 1.165) is 47.6 Å². The van der Waals surface area contributed by atoms with Gasteiger partial charge >= 0.3 is 0 Å². The molecule has 1 aromatic heterocycles. The fourth-order valence-corrected chi connectivity index (χ4v) is 4.36. The molecule has 1 saturated heterocycles. The Labute approximate surface area is 165 Å². The number of aliphatic imine (C=N–C) groups is 1. The van der Waals surface area contributed by atoms with E-state index in [4.69, 9.17) is 4.99 Å². The van der Waals surface area contributed by atoms with Crippen LogP contribution >= 0.6 is 0 Å². The Kier molecular flexibility index (Phi) is 4.09. The first-order valence-corrected chi connectivity index (χ1v) is 9.95. The van der Waals surface area contributed by atoms with Crippen LogP contribution in [0.1, 0.15) is 19.4 Å². The molecule has 5 rings (SSSR count). The predicted octanol–water partition coefficient (Wildman–Crippen LogP) is 2.72. The topological polar surface area (TPSA) is 48.7 Å². The van der Waals surface area contributed by atoms with Crippen molar-refractivity contribution in [2.45, 2.75) is 25.9 Å². The van der Waals surface area contributed by atoms with Gasteiger partial charge in [0, 0.05) is 55.9 Å². The van der Waals surface area contributed by atoms with Crippen LogP contribution in [0.25, 0.3) is 16.6 Å². The molecule has 0 aliphatic carbocycles. The van der Waals surface area contributed by atoms with Gasteiger partial charge in [0.1, 0.15) is 5.84 Å². The van der Waals surface area contributed by atoms with Gasteiger partial charge in [-0.3, -0.25) is 4.68 Å². The third kappa shape index (κ3) is 3.03. The first kappa shape index (κ1) is 17.3. The lowest BCUT2D eigenvalue weighted by atomic mass is 10.1. The number of nitrogens with one attached hydrogen (secondary N) is 1. The molecule has 0 spiro atoms. The van der Waals surface area contributed by atoms with Crippen molar-refractivity contribution in [3.63, 3.8) is 0 Å². The second kappa shape index (κ2) is 6.63. The molecule has 144 valence electrons. The summed E-state index contributed by atoms with van der Waals surface area (Å²) in [6, 6.07) is 7.43. The molecule has 2 atom stereocenters. The van der Waals surface area contributed by atoms with Crippen LogP contribution in [-0.2, 0) is 7.05 Å². The van der Waals surface area contributed by atoms with Crippen LogP contribution in [0.4, 0.5) is 0 Å². The van der Waals surface area contributed by atoms with Gasteiger partial charge in [0.2, 0.25) is 0 Å². The van der Waals surface area contributed by atoms with E-state index in [0.29, 0.717) is 12.1 Å². The number of allylic oxidation sites excluding steroid dienone is 1. The highest BCUT2D eigenvalue weighted by atomic mass is 15.3. The van der Waals surface area contributed by atoms with Gasteiger partial charge in [0.05, 0.1) is 23.1 Å². The van der Waals surface area contributed by atoms with Crippen molar-refractivity contribution in [3.8, 4) is 0 Å². The van der Waals surface area contributed by atoms with E-state index < -0.39 is 0 Å². The minimum atomic E-state index is 0.503. The van der Waals surface area contributed by atoms with E-state index in [1.54, 1.807) is 0 Å². The maximum absolute atomic E-state index is 4.91. The Morgan fingerprint density at radius 2 is 1.93 bits per heavy atom. The molecule has 6 nitrogen and oxygen atoms in total. The predicted molar refractivity (Wildman–Crippen MR) is 114 cm³/mol. The van der Waals surface area contributed by atoms with Crippen LogP contribution < -0.4 is 5.32 Å². The standard InChI is InChI=1S/C22H26N6/c1-15-12-28(13-16(2)24-15)19-5-7-22-25-20(8-9-27(22)14-19)17-4-6-21-18(10-17)11-23-26(21)3/h4-8,10-11,14-16,24H,9,12-13H2,1-3H3/t15-,16+. The van der Waals surface area contributed by atoms with Crippen molar-refractivity contribution in [1.82, 2.24) is 24.9 Å². The minimum Gasteiger partial charge on any atom is -0.367 e. The van der Waals surface area contributed by atoms with Crippen molar-refractivity contribution in [2.24, 2.45) is 12.0 Å². The Morgan fingerprint density at radius 3 is 2.75 bits per heavy atom. The summed E-state index contributed by atoms with van der Waals surface area (Å²) in [5, 5.41) is 9.08. The summed E-state index contributed by atoms with van der Waals surface area (Å²) in [5.41, 5.74) is 4.58. The molecule has 0 saturated carbocycles. The summed E-state index contributed by atoms with van der Waals surface area (Å²) < 4.78 is 1.90. The van der Waals surface area contributed by atoms with Crippen LogP contribution in [0.5, 0.6) is 0 Å². The molecule has 0 radical (unpaired) electrons. The van der Waals surface area contributed by atoms with Gasteiger partial charge in [-0.25, -0.2) is 4.99 Å². The number of hydrogen-bond donors (Lipinski definition) is 1. The molecule has 3 aliphatic heterocycles. The molecule has 28 heavy (non-hydrogen) atoms. The molecule has 3 aliphatic rings. The number of aromatic nitrogens is 2. The number of fused-ring (bicyclic) bond motifs is 2. The van der Waals surface area contributed by atoms with Gasteiger partial charge < -0.3 is 15.1 Å². The molecule has 0 unspecified atom stereocenters. The third-order valence-electron chi connectivity index (χ3n) is 5.67. The van der Waals surface area contributed by atoms with Crippen LogP contribution in [0.15, 0.2) is 59.5 Å². The van der Waals surface area contributed by atoms with Gasteiger partial charge in [-0.1, -0.05) is 6.07 Å². The number of rotatable bonds is 2. The lowest BCUT2D eigenvalue weighted by Gasteiger charge is -2.40. The normalized spacial score (nSPS) is 24.8. The summed E-state index contributed by atoms with van der Waals surface area (Å²) in [4.78, 5) is 9.61. The Bertz CT molecular complexity index is 1030. The van der Waals surface area contributed by atoms with Crippen LogP contribution in [0.3, 0.4) is 0 Å². The summed E-state index contributed by atoms with van der Waals surface area (Å²) in [6.45, 7) is 7.40. The summed E-state index contributed by atoms with van der Waals surface area (Å²) >= 11 is 0. The van der Waals surface area contributed by atoms with Crippen molar-refractivity contribution in [1.29, 1.82) is 0 Å². The molecular formula is C22H26N6. The van der Waals surface area contributed by atoms with Crippen LogP contribution in [0, 0.1) is 0 Å². The van der Waals surface area contributed by atoms with E-state index in [-0.39, 0.29) is 0 Å². The van der Waals surface area contributed by atoms with Gasteiger partial charge in [-0.05, 0) is 44.2 Å². The van der Waals surface area contributed by atoms with Crippen molar-refractivity contribution in [3.05, 3.63) is 60.1 Å². The maximum atomic E-state index is 4.91. The molecular weight excluding hydrogens is 348 g/mol. The van der Waals surface area contributed by atoms with Crippen molar-refractivity contribution < 1.29 is 0 Å². The first-order valence-electron chi connectivity index (χ1n) is 9.95. The minimum absolute atomic E-state index is 0.503. The number of benzene rings is 1. The highest BCUT2D eigenvalue weighted by Gasteiger charge is 2.25. The zero-order chi connectivity index (χ0) is 19.3. The number of hydrogen-bond acceptors (Lipinski definition) is 5. The Hall–Kier alpha value is -2.86. The number of aryl methyl sites for hydroxylation is 1. The molecule has 1 N–H and O–H groups in total. The Balaban J connectivity index is 1.38. The van der Waals surface area contributed by atoms with Gasteiger partial charge in [-0.2, -0.15) is 5.10 Å². The summed E-state index contributed by atoms with van der Waals surface area (Å²) in [7, 11) is 1.97. The average Bonchev–Trinajstić information content (AvgIpc) is 3.07. The van der Waals surface area contributed by atoms with Crippen LogP contribution in [-0.4, -0.2) is 57.1 Å². The summed E-state index contributed by atoms with van der Waals surface area (Å²) in [6.07, 6.45) is 10.7. The first-order chi connectivity index (χ1) is 13.6. The fourth-order valence-electron chi connectivity index (χ4n) is 4.36. The SMILES string of the molecule is C[C@@H]1CN(C2=CN3CC=C(c4ccc5c(cnn5C)c4)N=C3C=C2)C[C@H](C)N1. The smallest absolute Gasteiger partial charge is 0.133 e. The molecule has 4 heterocycles. The molecule has 1 fully saturated rings. The number of amidine groups is 1. The highest BCUT2D eigenvalue weighted by Crippen LogP contribution is 2.27. The van der Waals surface area contributed by atoms with E-state index in [2.05, 4.69) is 76.7 Å². The van der Waals surface area contributed by atoms with Gasteiger partial charge in [0.25, 0.3) is 0 Å². The van der Waals surface area contributed by atoms with Gasteiger partial charge in [-0.15, -0.1) is 0 Å². The second-order valence-corrected chi connectivity index (χ2v) is 8.01. The molecule has 6 heteroatoms. The van der Waals surface area contributed by atoms with Crippen molar-refractivity contribution >= 4 is 22.4 Å². The van der Waals surface area contributed by atoms with E-state index in [9.17, 15) is 0 Å². The largest absolute Gasteiger partial charge is 0.367 e. The highest BCUT2D eigenvalue weighted by molar-refractivity contribution is 6.00. The quantitative estimate of drug-likeness (QED) is 0.878. The average molecular weight is 374 g/mol. The molecule has 0 amide bonds.